The minimum Gasteiger partial charge on any atom is -0.465 e. The van der Waals surface area contributed by atoms with Crippen molar-refractivity contribution in [3.05, 3.63) is 28.1 Å². The predicted molar refractivity (Wildman–Crippen MR) is 55.1 cm³/mol. The zero-order chi connectivity index (χ0) is 11.0. The highest BCUT2D eigenvalue weighted by molar-refractivity contribution is 9.10. The SMILES string of the molecule is COC(=O)c1cc(F)cc2n[nH]c(Br)c12. The maximum absolute atomic E-state index is 13.1. The molecule has 1 aromatic heterocycles. The molecule has 0 saturated carbocycles. The Bertz CT molecular complexity index is 538. The average molecular weight is 273 g/mol. The van der Waals surface area contributed by atoms with Crippen LogP contribution in [0.3, 0.4) is 0 Å². The second-order valence-electron chi connectivity index (χ2n) is 2.88. The number of rotatable bonds is 1. The Morgan fingerprint density at radius 1 is 1.60 bits per heavy atom. The number of carbonyl (C=O) groups excluding carboxylic acids is 1. The molecular formula is C9H6BrFN2O2. The standard InChI is InChI=1S/C9H6BrFN2O2/c1-15-9(14)5-2-4(11)3-6-7(5)8(10)13-12-6/h2-3H,1H3,(H,12,13). The lowest BCUT2D eigenvalue weighted by molar-refractivity contribution is 0.0602. The van der Waals surface area contributed by atoms with Crippen molar-refractivity contribution >= 4 is 32.8 Å². The molecule has 6 heteroatoms. The van der Waals surface area contributed by atoms with E-state index in [9.17, 15) is 9.18 Å². The average Bonchev–Trinajstić information content (AvgIpc) is 2.58. The number of fused-ring (bicyclic) bond motifs is 1. The predicted octanol–water partition coefficient (Wildman–Crippen LogP) is 2.25. The van der Waals surface area contributed by atoms with Gasteiger partial charge in [0.05, 0.1) is 18.2 Å². The summed E-state index contributed by atoms with van der Waals surface area (Å²) in [4.78, 5) is 11.4. The number of hydrogen-bond donors (Lipinski definition) is 1. The van der Waals surface area contributed by atoms with E-state index >= 15 is 0 Å². The Kier molecular flexibility index (Phi) is 2.44. The minimum absolute atomic E-state index is 0.146. The molecule has 78 valence electrons. The summed E-state index contributed by atoms with van der Waals surface area (Å²) in [5.41, 5.74) is 0.524. The quantitative estimate of drug-likeness (QED) is 0.811. The zero-order valence-corrected chi connectivity index (χ0v) is 9.26. The monoisotopic (exact) mass is 272 g/mol. The molecule has 2 rings (SSSR count). The molecule has 0 unspecified atom stereocenters. The van der Waals surface area contributed by atoms with Gasteiger partial charge in [-0.15, -0.1) is 0 Å². The van der Waals surface area contributed by atoms with Crippen LogP contribution in [0.4, 0.5) is 4.39 Å². The minimum atomic E-state index is -0.596. The first kappa shape index (κ1) is 10.1. The fraction of sp³-hybridized carbons (Fsp3) is 0.111. The number of aromatic amines is 1. The number of halogens is 2. The van der Waals surface area contributed by atoms with Gasteiger partial charge in [-0.1, -0.05) is 0 Å². The highest BCUT2D eigenvalue weighted by atomic mass is 79.9. The molecule has 0 aliphatic heterocycles. The molecule has 0 amide bonds. The number of benzene rings is 1. The number of nitrogens with one attached hydrogen (secondary N) is 1. The van der Waals surface area contributed by atoms with E-state index in [1.165, 1.54) is 13.2 Å². The number of ether oxygens (including phenoxy) is 1. The topological polar surface area (TPSA) is 55.0 Å². The molecule has 0 fully saturated rings. The third-order valence-corrected chi connectivity index (χ3v) is 2.56. The van der Waals surface area contributed by atoms with Gasteiger partial charge in [0.2, 0.25) is 0 Å². The molecule has 2 aromatic rings. The van der Waals surface area contributed by atoms with Crippen LogP contribution in [0.25, 0.3) is 10.9 Å². The van der Waals surface area contributed by atoms with Crippen LogP contribution in [-0.4, -0.2) is 23.3 Å². The Morgan fingerprint density at radius 2 is 2.33 bits per heavy atom. The number of esters is 1. The van der Waals surface area contributed by atoms with Gasteiger partial charge in [0.1, 0.15) is 10.4 Å². The Balaban J connectivity index is 2.80. The second kappa shape index (κ2) is 3.62. The van der Waals surface area contributed by atoms with Crippen molar-refractivity contribution in [1.29, 1.82) is 0 Å². The Morgan fingerprint density at radius 3 is 3.00 bits per heavy atom. The van der Waals surface area contributed by atoms with E-state index in [0.29, 0.717) is 15.5 Å². The molecule has 15 heavy (non-hydrogen) atoms. The van der Waals surface area contributed by atoms with Gasteiger partial charge in [-0.2, -0.15) is 5.10 Å². The van der Waals surface area contributed by atoms with Gasteiger partial charge in [0.25, 0.3) is 0 Å². The van der Waals surface area contributed by atoms with E-state index in [4.69, 9.17) is 0 Å². The van der Waals surface area contributed by atoms with Crippen LogP contribution >= 0.6 is 15.9 Å². The number of H-pyrrole nitrogens is 1. The summed E-state index contributed by atoms with van der Waals surface area (Å²) in [6.07, 6.45) is 0. The highest BCUT2D eigenvalue weighted by Gasteiger charge is 2.16. The lowest BCUT2D eigenvalue weighted by Gasteiger charge is -2.01. The van der Waals surface area contributed by atoms with Crippen LogP contribution in [0.5, 0.6) is 0 Å². The molecule has 0 aliphatic rings. The normalized spacial score (nSPS) is 10.6. The van der Waals surface area contributed by atoms with Gasteiger partial charge in [-0.05, 0) is 22.0 Å². The molecule has 1 N–H and O–H groups in total. The van der Waals surface area contributed by atoms with E-state index in [2.05, 4.69) is 30.9 Å². The first-order valence-corrected chi connectivity index (χ1v) is 4.84. The van der Waals surface area contributed by atoms with Crippen molar-refractivity contribution in [2.75, 3.05) is 7.11 Å². The largest absolute Gasteiger partial charge is 0.465 e. The summed E-state index contributed by atoms with van der Waals surface area (Å²) < 4.78 is 18.2. The molecule has 4 nitrogen and oxygen atoms in total. The van der Waals surface area contributed by atoms with Gasteiger partial charge < -0.3 is 4.74 Å². The van der Waals surface area contributed by atoms with Gasteiger partial charge in [0.15, 0.2) is 0 Å². The highest BCUT2D eigenvalue weighted by Crippen LogP contribution is 2.26. The third-order valence-electron chi connectivity index (χ3n) is 1.98. The van der Waals surface area contributed by atoms with Crippen LogP contribution in [0.1, 0.15) is 10.4 Å². The lowest BCUT2D eigenvalue weighted by atomic mass is 10.1. The summed E-state index contributed by atoms with van der Waals surface area (Å²) in [6.45, 7) is 0. The maximum atomic E-state index is 13.1. The fourth-order valence-electron chi connectivity index (χ4n) is 1.35. The van der Waals surface area contributed by atoms with Crippen LogP contribution in [0.15, 0.2) is 16.7 Å². The van der Waals surface area contributed by atoms with E-state index < -0.39 is 11.8 Å². The Hall–Kier alpha value is -1.43. The van der Waals surface area contributed by atoms with Gasteiger partial charge in [-0.25, -0.2) is 9.18 Å². The number of hydrogen-bond acceptors (Lipinski definition) is 3. The molecule has 1 heterocycles. The van der Waals surface area contributed by atoms with Gasteiger partial charge >= 0.3 is 5.97 Å². The first-order chi connectivity index (χ1) is 7.13. The van der Waals surface area contributed by atoms with E-state index in [1.54, 1.807) is 0 Å². The molecule has 0 saturated heterocycles. The van der Waals surface area contributed by atoms with Crippen LogP contribution in [0.2, 0.25) is 0 Å². The summed E-state index contributed by atoms with van der Waals surface area (Å²) in [7, 11) is 1.24. The zero-order valence-electron chi connectivity index (χ0n) is 7.67. The molecule has 1 aromatic carbocycles. The fourth-order valence-corrected chi connectivity index (χ4v) is 1.85. The van der Waals surface area contributed by atoms with E-state index in [-0.39, 0.29) is 5.56 Å². The summed E-state index contributed by atoms with van der Waals surface area (Å²) in [6, 6.07) is 2.36. The second-order valence-corrected chi connectivity index (χ2v) is 3.67. The van der Waals surface area contributed by atoms with Crippen molar-refractivity contribution in [3.8, 4) is 0 Å². The number of carbonyl (C=O) groups is 1. The molecule has 0 atom stereocenters. The first-order valence-electron chi connectivity index (χ1n) is 4.05. The van der Waals surface area contributed by atoms with Crippen molar-refractivity contribution in [1.82, 2.24) is 10.2 Å². The summed E-state index contributed by atoms with van der Waals surface area (Å²) in [5.74, 6) is -1.12. The molecule has 0 radical (unpaired) electrons. The van der Waals surface area contributed by atoms with Crippen LogP contribution in [0, 0.1) is 5.82 Å². The Labute approximate surface area is 92.5 Å². The van der Waals surface area contributed by atoms with Gasteiger partial charge in [0, 0.05) is 11.5 Å². The smallest absolute Gasteiger partial charge is 0.338 e. The van der Waals surface area contributed by atoms with Crippen molar-refractivity contribution in [2.45, 2.75) is 0 Å². The number of nitrogens with zero attached hydrogens (tertiary/aromatic N) is 1. The van der Waals surface area contributed by atoms with E-state index in [1.807, 2.05) is 0 Å². The van der Waals surface area contributed by atoms with Crippen LogP contribution in [-0.2, 0) is 4.74 Å². The van der Waals surface area contributed by atoms with Crippen molar-refractivity contribution < 1.29 is 13.9 Å². The third kappa shape index (κ3) is 1.61. The number of methoxy groups -OCH3 is 1. The lowest BCUT2D eigenvalue weighted by Crippen LogP contribution is -2.02. The van der Waals surface area contributed by atoms with E-state index in [0.717, 1.165) is 6.07 Å². The molecule has 0 aliphatic carbocycles. The number of aromatic nitrogens is 2. The summed E-state index contributed by atoms with van der Waals surface area (Å²) >= 11 is 3.19. The summed E-state index contributed by atoms with van der Waals surface area (Å²) in [5, 5.41) is 6.97. The van der Waals surface area contributed by atoms with Gasteiger partial charge in [-0.3, -0.25) is 5.10 Å². The maximum Gasteiger partial charge on any atom is 0.338 e. The molecule has 0 spiro atoms. The van der Waals surface area contributed by atoms with Crippen molar-refractivity contribution in [2.24, 2.45) is 0 Å². The molecule has 0 bridgehead atoms. The molecular weight excluding hydrogens is 267 g/mol. The van der Waals surface area contributed by atoms with Crippen molar-refractivity contribution in [3.63, 3.8) is 0 Å². The van der Waals surface area contributed by atoms with Crippen LogP contribution < -0.4 is 0 Å².